The van der Waals surface area contributed by atoms with Crippen LogP contribution in [0.3, 0.4) is 0 Å². The summed E-state index contributed by atoms with van der Waals surface area (Å²) >= 11 is 0. The second-order valence-corrected chi connectivity index (χ2v) is 7.01. The molecule has 5 nitrogen and oxygen atoms in total. The zero-order valence-corrected chi connectivity index (χ0v) is 12.5. The van der Waals surface area contributed by atoms with E-state index in [9.17, 15) is 13.2 Å². The van der Waals surface area contributed by atoms with E-state index in [1.165, 1.54) is 24.3 Å². The predicted molar refractivity (Wildman–Crippen MR) is 72.9 cm³/mol. The van der Waals surface area contributed by atoms with Crippen molar-refractivity contribution in [2.24, 2.45) is 0 Å². The number of halogens is 1. The minimum atomic E-state index is -3.85. The largest absolute Gasteiger partial charge is 0.458 e. The molecule has 19 heavy (non-hydrogen) atoms. The van der Waals surface area contributed by atoms with Crippen molar-refractivity contribution in [2.45, 2.75) is 17.9 Å². The van der Waals surface area contributed by atoms with Crippen molar-refractivity contribution in [3.63, 3.8) is 0 Å². The third-order valence-corrected chi connectivity index (χ3v) is 3.63. The number of hydrogen-bond acceptors (Lipinski definition) is 5. The summed E-state index contributed by atoms with van der Waals surface area (Å²) in [7, 11) is 5.11. The van der Waals surface area contributed by atoms with Crippen LogP contribution in [0.15, 0.2) is 29.2 Å². The van der Waals surface area contributed by atoms with Crippen molar-refractivity contribution in [3.05, 3.63) is 29.8 Å². The highest BCUT2D eigenvalue weighted by molar-refractivity contribution is 8.13. The molecule has 0 N–H and O–H groups in total. The topological polar surface area (TPSA) is 63.7 Å². The van der Waals surface area contributed by atoms with E-state index >= 15 is 0 Å². The average molecular weight is 306 g/mol. The van der Waals surface area contributed by atoms with E-state index in [1.807, 2.05) is 19.0 Å². The van der Waals surface area contributed by atoms with E-state index in [0.717, 1.165) is 0 Å². The van der Waals surface area contributed by atoms with Gasteiger partial charge in [-0.1, -0.05) is 6.07 Å². The number of likely N-dealkylation sites (N-methyl/N-ethyl adjacent to an activating group) is 1. The quantitative estimate of drug-likeness (QED) is 0.612. The highest BCUT2D eigenvalue weighted by atomic mass is 35.7. The summed E-state index contributed by atoms with van der Waals surface area (Å²) in [5.74, 6) is -0.573. The lowest BCUT2D eigenvalue weighted by Gasteiger charge is -2.17. The summed E-state index contributed by atoms with van der Waals surface area (Å²) in [5, 5.41) is 0. The molecule has 0 amide bonds. The van der Waals surface area contributed by atoms with Gasteiger partial charge in [0.15, 0.2) is 0 Å². The predicted octanol–water partition coefficient (Wildman–Crippen LogP) is 1.72. The van der Waals surface area contributed by atoms with Crippen LogP contribution in [0.2, 0.25) is 0 Å². The third-order valence-electron chi connectivity index (χ3n) is 2.28. The van der Waals surface area contributed by atoms with Gasteiger partial charge < -0.3 is 9.64 Å². The Morgan fingerprint density at radius 1 is 1.42 bits per heavy atom. The van der Waals surface area contributed by atoms with Crippen LogP contribution in [-0.2, 0) is 13.8 Å². The fourth-order valence-corrected chi connectivity index (χ4v) is 2.37. The summed E-state index contributed by atoms with van der Waals surface area (Å²) in [4.78, 5) is 13.6. The molecule has 1 aromatic rings. The van der Waals surface area contributed by atoms with Gasteiger partial charge in [-0.15, -0.1) is 0 Å². The smallest absolute Gasteiger partial charge is 0.338 e. The lowest BCUT2D eigenvalue weighted by atomic mass is 10.2. The van der Waals surface area contributed by atoms with E-state index in [0.29, 0.717) is 6.54 Å². The number of hydrogen-bond donors (Lipinski definition) is 0. The minimum Gasteiger partial charge on any atom is -0.458 e. The summed E-state index contributed by atoms with van der Waals surface area (Å²) < 4.78 is 27.6. The van der Waals surface area contributed by atoms with Gasteiger partial charge in [-0.3, -0.25) is 0 Å². The van der Waals surface area contributed by atoms with Crippen LogP contribution in [0, 0.1) is 0 Å². The number of carbonyl (C=O) groups excluding carboxylic acids is 1. The summed E-state index contributed by atoms with van der Waals surface area (Å²) in [6.07, 6.45) is -0.293. The molecule has 1 atom stereocenters. The third kappa shape index (κ3) is 5.18. The zero-order chi connectivity index (χ0) is 14.6. The fourth-order valence-electron chi connectivity index (χ4n) is 1.58. The Hall–Kier alpha value is -1.11. The summed E-state index contributed by atoms with van der Waals surface area (Å²) in [6, 6.07) is 5.45. The molecule has 0 heterocycles. The summed E-state index contributed by atoms with van der Waals surface area (Å²) in [6.45, 7) is 2.35. The van der Waals surface area contributed by atoms with Crippen LogP contribution in [0.25, 0.3) is 0 Å². The van der Waals surface area contributed by atoms with Crippen LogP contribution >= 0.6 is 10.7 Å². The molecule has 0 aliphatic carbocycles. The van der Waals surface area contributed by atoms with Crippen LogP contribution < -0.4 is 0 Å². The molecule has 0 bridgehead atoms. The standard InChI is InChI=1S/C12H16ClNO4S/c1-9(8-14(2)3)18-12(15)10-5-4-6-11(7-10)19(13,16)17/h4-7,9H,8H2,1-3H3. The van der Waals surface area contributed by atoms with Crippen molar-refractivity contribution >= 4 is 25.7 Å². The molecule has 1 unspecified atom stereocenters. The molecule has 0 aliphatic rings. The van der Waals surface area contributed by atoms with Crippen LogP contribution in [0.5, 0.6) is 0 Å². The number of carbonyl (C=O) groups is 1. The van der Waals surface area contributed by atoms with E-state index in [-0.39, 0.29) is 16.6 Å². The Bertz CT molecular complexity index is 557. The van der Waals surface area contributed by atoms with Crippen molar-refractivity contribution in [2.75, 3.05) is 20.6 Å². The Morgan fingerprint density at radius 2 is 2.05 bits per heavy atom. The lowest BCUT2D eigenvalue weighted by molar-refractivity contribution is 0.0289. The van der Waals surface area contributed by atoms with Gasteiger partial charge in [-0.25, -0.2) is 13.2 Å². The van der Waals surface area contributed by atoms with E-state index in [4.69, 9.17) is 15.4 Å². The molecule has 0 aliphatic heterocycles. The van der Waals surface area contributed by atoms with E-state index in [2.05, 4.69) is 0 Å². The van der Waals surface area contributed by atoms with Crippen LogP contribution in [0.1, 0.15) is 17.3 Å². The maximum absolute atomic E-state index is 11.8. The Labute approximate surface area is 117 Å². The molecule has 106 valence electrons. The molecule has 0 spiro atoms. The number of esters is 1. The van der Waals surface area contributed by atoms with Gasteiger partial charge in [0.1, 0.15) is 6.10 Å². The molecule has 0 aromatic heterocycles. The highest BCUT2D eigenvalue weighted by Crippen LogP contribution is 2.17. The molecule has 1 aromatic carbocycles. The fraction of sp³-hybridized carbons (Fsp3) is 0.417. The van der Waals surface area contributed by atoms with Crippen molar-refractivity contribution in [1.29, 1.82) is 0 Å². The van der Waals surface area contributed by atoms with Crippen molar-refractivity contribution in [3.8, 4) is 0 Å². The van der Waals surface area contributed by atoms with Crippen molar-refractivity contribution in [1.82, 2.24) is 4.90 Å². The Kier molecular flexibility index (Phi) is 5.34. The van der Waals surface area contributed by atoms with Gasteiger partial charge in [0.05, 0.1) is 10.5 Å². The summed E-state index contributed by atoms with van der Waals surface area (Å²) in [5.41, 5.74) is 0.160. The molecule has 1 rings (SSSR count). The molecule has 0 saturated carbocycles. The Morgan fingerprint density at radius 3 is 2.58 bits per heavy atom. The number of benzene rings is 1. The molecule has 0 radical (unpaired) electrons. The molecular formula is C12H16ClNO4S. The second kappa shape index (κ2) is 6.36. The van der Waals surface area contributed by atoms with Gasteiger partial charge in [0, 0.05) is 17.2 Å². The minimum absolute atomic E-state index is 0.121. The molecule has 0 saturated heterocycles. The first-order valence-electron chi connectivity index (χ1n) is 5.60. The molecule has 0 fully saturated rings. The van der Waals surface area contributed by atoms with Gasteiger partial charge >= 0.3 is 5.97 Å². The molecule has 7 heteroatoms. The zero-order valence-electron chi connectivity index (χ0n) is 11.0. The number of ether oxygens (including phenoxy) is 1. The van der Waals surface area contributed by atoms with Gasteiger partial charge in [-0.05, 0) is 39.2 Å². The van der Waals surface area contributed by atoms with Gasteiger partial charge in [0.2, 0.25) is 0 Å². The average Bonchev–Trinajstić information content (AvgIpc) is 2.26. The SMILES string of the molecule is CC(CN(C)C)OC(=O)c1cccc(S(=O)(=O)Cl)c1. The van der Waals surface area contributed by atoms with E-state index < -0.39 is 15.0 Å². The maximum atomic E-state index is 11.8. The first-order valence-corrected chi connectivity index (χ1v) is 7.91. The lowest BCUT2D eigenvalue weighted by Crippen LogP contribution is -2.28. The maximum Gasteiger partial charge on any atom is 0.338 e. The second-order valence-electron chi connectivity index (χ2n) is 4.44. The number of rotatable bonds is 5. The normalized spacial score (nSPS) is 13.3. The van der Waals surface area contributed by atoms with Gasteiger partial charge in [0.25, 0.3) is 9.05 Å². The van der Waals surface area contributed by atoms with Crippen LogP contribution in [-0.4, -0.2) is 46.0 Å². The highest BCUT2D eigenvalue weighted by Gasteiger charge is 2.16. The number of nitrogens with zero attached hydrogens (tertiary/aromatic N) is 1. The Balaban J connectivity index is 2.84. The monoisotopic (exact) mass is 305 g/mol. The van der Waals surface area contributed by atoms with Gasteiger partial charge in [-0.2, -0.15) is 0 Å². The first-order chi connectivity index (χ1) is 8.70. The van der Waals surface area contributed by atoms with E-state index in [1.54, 1.807) is 6.92 Å². The van der Waals surface area contributed by atoms with Crippen LogP contribution in [0.4, 0.5) is 0 Å². The van der Waals surface area contributed by atoms with Crippen molar-refractivity contribution < 1.29 is 17.9 Å². The molecular weight excluding hydrogens is 290 g/mol. The first kappa shape index (κ1) is 15.9.